The zero-order valence-corrected chi connectivity index (χ0v) is 12.7. The number of hydrogen-bond acceptors (Lipinski definition) is 5. The van der Waals surface area contributed by atoms with Gasteiger partial charge < -0.3 is 4.84 Å². The van der Waals surface area contributed by atoms with E-state index in [1.54, 1.807) is 24.3 Å². The summed E-state index contributed by atoms with van der Waals surface area (Å²) >= 11 is 1.39. The Morgan fingerprint density at radius 2 is 1.61 bits per heavy atom. The summed E-state index contributed by atoms with van der Waals surface area (Å²) in [7, 11) is 0. The fraction of sp³-hybridized carbons (Fsp3) is 0.118. The van der Waals surface area contributed by atoms with Crippen molar-refractivity contribution < 1.29 is 19.2 Å². The molecule has 2 aromatic rings. The first-order valence-electron chi connectivity index (χ1n) is 7.09. The summed E-state index contributed by atoms with van der Waals surface area (Å²) in [5.74, 6) is -1.78. The van der Waals surface area contributed by atoms with E-state index in [4.69, 9.17) is 4.84 Å². The van der Waals surface area contributed by atoms with Crippen LogP contribution < -0.4 is 0 Å². The van der Waals surface area contributed by atoms with E-state index in [-0.39, 0.29) is 11.1 Å². The van der Waals surface area contributed by atoms with Crippen molar-refractivity contribution in [2.24, 2.45) is 0 Å². The molecule has 2 amide bonds. The minimum absolute atomic E-state index is 0.257. The van der Waals surface area contributed by atoms with Gasteiger partial charge in [0.15, 0.2) is 0 Å². The Morgan fingerprint density at radius 1 is 1.00 bits per heavy atom. The monoisotopic (exact) mass is 325 g/mol. The van der Waals surface area contributed by atoms with Crippen LogP contribution in [-0.4, -0.2) is 28.1 Å². The lowest BCUT2D eigenvalue weighted by atomic mass is 10.1. The molecule has 4 rings (SSSR count). The summed E-state index contributed by atoms with van der Waals surface area (Å²) in [4.78, 5) is 42.8. The van der Waals surface area contributed by atoms with Crippen LogP contribution in [-0.2, 0) is 16.1 Å². The maximum absolute atomic E-state index is 12.3. The normalized spacial score (nSPS) is 18.8. The largest absolute Gasteiger partial charge is 0.346 e. The molecule has 0 saturated heterocycles. The van der Waals surface area contributed by atoms with Crippen LogP contribution in [0.5, 0.6) is 0 Å². The number of hydroxylamine groups is 2. The Labute approximate surface area is 136 Å². The summed E-state index contributed by atoms with van der Waals surface area (Å²) in [6.07, 6.45) is 0.531. The number of amides is 2. The topological polar surface area (TPSA) is 63.7 Å². The first kappa shape index (κ1) is 14.0. The average molecular weight is 325 g/mol. The van der Waals surface area contributed by atoms with Crippen molar-refractivity contribution in [3.8, 4) is 0 Å². The van der Waals surface area contributed by atoms with Crippen molar-refractivity contribution in [3.05, 3.63) is 65.2 Å². The summed E-state index contributed by atoms with van der Waals surface area (Å²) in [6.45, 7) is 0. The van der Waals surface area contributed by atoms with Crippen molar-refractivity contribution in [2.45, 2.75) is 16.6 Å². The number of rotatable bonds is 2. The molecule has 0 fully saturated rings. The Kier molecular flexibility index (Phi) is 3.20. The van der Waals surface area contributed by atoms with Crippen molar-refractivity contribution in [1.29, 1.82) is 0 Å². The van der Waals surface area contributed by atoms with Gasteiger partial charge in [-0.3, -0.25) is 9.59 Å². The van der Waals surface area contributed by atoms with E-state index in [0.29, 0.717) is 11.5 Å². The van der Waals surface area contributed by atoms with Gasteiger partial charge in [0, 0.05) is 4.90 Å². The Hall–Kier alpha value is -2.60. The number of carbonyl (C=O) groups is 3. The molecule has 2 aliphatic heterocycles. The molecule has 0 spiro atoms. The Bertz CT molecular complexity index is 788. The average Bonchev–Trinajstić information content (AvgIpc) is 3.11. The number of imide groups is 1. The molecule has 6 heteroatoms. The van der Waals surface area contributed by atoms with E-state index in [0.717, 1.165) is 10.5 Å². The zero-order chi connectivity index (χ0) is 16.0. The van der Waals surface area contributed by atoms with Crippen LogP contribution in [0.25, 0.3) is 0 Å². The van der Waals surface area contributed by atoms with Crippen LogP contribution in [0.15, 0.2) is 53.4 Å². The van der Waals surface area contributed by atoms with Gasteiger partial charge in [0.05, 0.1) is 11.1 Å². The predicted molar refractivity (Wildman–Crippen MR) is 82.8 cm³/mol. The second-order valence-electron chi connectivity index (χ2n) is 5.28. The van der Waals surface area contributed by atoms with Gasteiger partial charge >= 0.3 is 5.97 Å². The minimum atomic E-state index is -0.598. The highest BCUT2D eigenvalue weighted by atomic mass is 32.2. The number of hydrogen-bond donors (Lipinski definition) is 0. The lowest BCUT2D eigenvalue weighted by Gasteiger charge is -2.15. The molecule has 0 radical (unpaired) electrons. The first-order valence-corrected chi connectivity index (χ1v) is 7.97. The fourth-order valence-corrected chi connectivity index (χ4v) is 3.88. The zero-order valence-electron chi connectivity index (χ0n) is 11.9. The molecule has 5 nitrogen and oxygen atoms in total. The maximum atomic E-state index is 12.3. The fourth-order valence-electron chi connectivity index (χ4n) is 2.71. The van der Waals surface area contributed by atoms with Crippen LogP contribution in [0.3, 0.4) is 0 Å². The smallest absolute Gasteiger partial charge is 0.328 e. The SMILES string of the molecule is O=C(ON1C(=O)c2ccccc2C1=O)C1Cc2ccccc2S1. The molecule has 0 N–H and O–H groups in total. The van der Waals surface area contributed by atoms with Crippen LogP contribution in [0, 0.1) is 0 Å². The van der Waals surface area contributed by atoms with E-state index in [9.17, 15) is 14.4 Å². The molecule has 0 aromatic heterocycles. The van der Waals surface area contributed by atoms with Crippen molar-refractivity contribution >= 4 is 29.5 Å². The third-order valence-corrected chi connectivity index (χ3v) is 5.14. The second kappa shape index (κ2) is 5.24. The second-order valence-corrected chi connectivity index (χ2v) is 6.52. The highest BCUT2D eigenvalue weighted by molar-refractivity contribution is 8.01. The van der Waals surface area contributed by atoms with E-state index >= 15 is 0 Å². The highest BCUT2D eigenvalue weighted by Gasteiger charge is 2.40. The lowest BCUT2D eigenvalue weighted by Crippen LogP contribution is -2.36. The Morgan fingerprint density at radius 3 is 2.26 bits per heavy atom. The lowest BCUT2D eigenvalue weighted by molar-refractivity contribution is -0.167. The predicted octanol–water partition coefficient (Wildman–Crippen LogP) is 2.46. The third kappa shape index (κ3) is 2.22. The van der Waals surface area contributed by atoms with Crippen molar-refractivity contribution in [2.75, 3.05) is 0 Å². The highest BCUT2D eigenvalue weighted by Crippen LogP contribution is 2.37. The molecule has 1 atom stereocenters. The van der Waals surface area contributed by atoms with Crippen molar-refractivity contribution in [3.63, 3.8) is 0 Å². The number of carbonyl (C=O) groups excluding carboxylic acids is 3. The van der Waals surface area contributed by atoms with Gasteiger partial charge in [-0.2, -0.15) is 0 Å². The number of thioether (sulfide) groups is 1. The summed E-state index contributed by atoms with van der Waals surface area (Å²) < 4.78 is 0. The van der Waals surface area contributed by atoms with E-state index in [2.05, 4.69) is 0 Å². The van der Waals surface area contributed by atoms with E-state index < -0.39 is 23.0 Å². The molecule has 2 heterocycles. The molecular weight excluding hydrogens is 314 g/mol. The molecular formula is C17H11NO4S. The van der Waals surface area contributed by atoms with Gasteiger partial charge in [0.2, 0.25) is 0 Å². The number of nitrogens with zero attached hydrogens (tertiary/aromatic N) is 1. The van der Waals surface area contributed by atoms with Crippen LogP contribution in [0.1, 0.15) is 26.3 Å². The van der Waals surface area contributed by atoms with Crippen LogP contribution in [0.4, 0.5) is 0 Å². The van der Waals surface area contributed by atoms with Gasteiger partial charge in [0.25, 0.3) is 11.8 Å². The molecule has 0 bridgehead atoms. The molecule has 114 valence electrons. The maximum Gasteiger partial charge on any atom is 0.346 e. The molecule has 0 saturated carbocycles. The van der Waals surface area contributed by atoms with E-state index in [1.807, 2.05) is 24.3 Å². The van der Waals surface area contributed by atoms with Gasteiger partial charge in [-0.15, -0.1) is 11.8 Å². The molecule has 2 aliphatic rings. The first-order chi connectivity index (χ1) is 11.1. The standard InChI is InChI=1S/C17H11NO4S/c19-15-11-6-2-3-7-12(11)16(20)18(15)22-17(21)14-9-10-5-1-4-8-13(10)23-14/h1-8,14H,9H2. The quantitative estimate of drug-likeness (QED) is 0.794. The number of benzene rings is 2. The third-order valence-electron chi connectivity index (χ3n) is 3.85. The summed E-state index contributed by atoms with van der Waals surface area (Å²) in [6, 6.07) is 14.1. The molecule has 0 aliphatic carbocycles. The molecule has 23 heavy (non-hydrogen) atoms. The summed E-state index contributed by atoms with van der Waals surface area (Å²) in [5.41, 5.74) is 1.59. The van der Waals surface area contributed by atoms with Gasteiger partial charge in [-0.1, -0.05) is 35.4 Å². The minimum Gasteiger partial charge on any atom is -0.328 e. The van der Waals surface area contributed by atoms with Gasteiger partial charge in [-0.25, -0.2) is 4.79 Å². The molecule has 2 aromatic carbocycles. The summed E-state index contributed by atoms with van der Waals surface area (Å²) in [5, 5.41) is 0.119. The van der Waals surface area contributed by atoms with E-state index in [1.165, 1.54) is 11.8 Å². The van der Waals surface area contributed by atoms with Crippen LogP contribution >= 0.6 is 11.8 Å². The Balaban J connectivity index is 1.51. The van der Waals surface area contributed by atoms with Gasteiger partial charge in [-0.05, 0) is 30.2 Å². The number of fused-ring (bicyclic) bond motifs is 2. The molecule has 1 unspecified atom stereocenters. The van der Waals surface area contributed by atoms with Gasteiger partial charge in [0.1, 0.15) is 5.25 Å². The van der Waals surface area contributed by atoms with Crippen molar-refractivity contribution in [1.82, 2.24) is 5.06 Å². The van der Waals surface area contributed by atoms with Crippen LogP contribution in [0.2, 0.25) is 0 Å².